The molecule has 2 rings (SSSR count). The molecule has 1 N–H and O–H groups in total. The lowest BCUT2D eigenvalue weighted by atomic mass is 10.1. The van der Waals surface area contributed by atoms with Gasteiger partial charge in [0.15, 0.2) is 0 Å². The van der Waals surface area contributed by atoms with Gasteiger partial charge in [0.2, 0.25) is 10.0 Å². The van der Waals surface area contributed by atoms with Crippen molar-refractivity contribution in [1.82, 2.24) is 4.31 Å². The predicted molar refractivity (Wildman–Crippen MR) is 94.8 cm³/mol. The van der Waals surface area contributed by atoms with Gasteiger partial charge >= 0.3 is 5.97 Å². The molecule has 134 valence electrons. The number of ether oxygens (including phenoxy) is 1. The fourth-order valence-electron chi connectivity index (χ4n) is 2.39. The molecule has 0 heterocycles. The minimum absolute atomic E-state index is 0.0719. The average Bonchev–Trinajstić information content (AvgIpc) is 2.54. The summed E-state index contributed by atoms with van der Waals surface area (Å²) in [7, 11) is -0.850. The molecule has 0 spiro atoms. The second-order valence-corrected chi connectivity index (χ2v) is 7.94. The molecule has 0 amide bonds. The Morgan fingerprint density at radius 3 is 2.44 bits per heavy atom. The van der Waals surface area contributed by atoms with Gasteiger partial charge in [-0.25, -0.2) is 13.2 Å². The van der Waals surface area contributed by atoms with Crippen molar-refractivity contribution in [2.75, 3.05) is 14.2 Å². The molecule has 25 heavy (non-hydrogen) atoms. The number of halogens is 1. The SMILES string of the molecule is COc1ccc(CN(C)S(=O)(=O)c2ccc(C(=O)O)cc2Cl)cc1C. The summed E-state index contributed by atoms with van der Waals surface area (Å²) in [5.74, 6) is -0.450. The summed E-state index contributed by atoms with van der Waals surface area (Å²) in [6, 6.07) is 8.96. The van der Waals surface area contributed by atoms with Crippen LogP contribution in [0.2, 0.25) is 5.02 Å². The van der Waals surface area contributed by atoms with Crippen LogP contribution in [0.25, 0.3) is 0 Å². The lowest BCUT2D eigenvalue weighted by molar-refractivity contribution is 0.0696. The summed E-state index contributed by atoms with van der Waals surface area (Å²) in [5.41, 5.74) is 1.62. The molecule has 0 unspecified atom stereocenters. The number of hydrogen-bond acceptors (Lipinski definition) is 4. The van der Waals surface area contributed by atoms with Crippen LogP contribution in [0.3, 0.4) is 0 Å². The van der Waals surface area contributed by atoms with Crippen LogP contribution in [0.4, 0.5) is 0 Å². The van der Waals surface area contributed by atoms with Crippen molar-refractivity contribution in [1.29, 1.82) is 0 Å². The molecule has 0 aromatic heterocycles. The van der Waals surface area contributed by atoms with E-state index in [4.69, 9.17) is 21.4 Å². The summed E-state index contributed by atoms with van der Waals surface area (Å²) in [4.78, 5) is 10.8. The molecule has 0 atom stereocenters. The largest absolute Gasteiger partial charge is 0.496 e. The second kappa shape index (κ2) is 7.43. The third kappa shape index (κ3) is 4.12. The number of sulfonamides is 1. The van der Waals surface area contributed by atoms with Gasteiger partial charge in [-0.05, 0) is 42.3 Å². The maximum absolute atomic E-state index is 12.7. The third-order valence-corrected chi connectivity index (χ3v) is 6.02. The van der Waals surface area contributed by atoms with Crippen molar-refractivity contribution in [3.63, 3.8) is 0 Å². The summed E-state index contributed by atoms with van der Waals surface area (Å²) < 4.78 is 31.8. The molecule has 0 saturated carbocycles. The molecule has 0 fully saturated rings. The summed E-state index contributed by atoms with van der Waals surface area (Å²) in [5, 5.41) is 8.82. The number of methoxy groups -OCH3 is 1. The van der Waals surface area contributed by atoms with Crippen LogP contribution in [0.5, 0.6) is 5.75 Å². The van der Waals surface area contributed by atoms with Crippen LogP contribution in [0.15, 0.2) is 41.3 Å². The zero-order chi connectivity index (χ0) is 18.8. The van der Waals surface area contributed by atoms with Crippen molar-refractivity contribution in [2.24, 2.45) is 0 Å². The number of hydrogen-bond donors (Lipinski definition) is 1. The van der Waals surface area contributed by atoms with Gasteiger partial charge in [0.05, 0.1) is 17.7 Å². The van der Waals surface area contributed by atoms with E-state index in [0.29, 0.717) is 0 Å². The first kappa shape index (κ1) is 19.2. The fraction of sp³-hybridized carbons (Fsp3) is 0.235. The topological polar surface area (TPSA) is 83.9 Å². The molecule has 6 nitrogen and oxygen atoms in total. The summed E-state index contributed by atoms with van der Waals surface area (Å²) >= 11 is 5.98. The van der Waals surface area contributed by atoms with Crippen molar-refractivity contribution in [3.05, 3.63) is 58.1 Å². The first-order chi connectivity index (χ1) is 11.7. The van der Waals surface area contributed by atoms with Crippen molar-refractivity contribution in [3.8, 4) is 5.75 Å². The fourth-order valence-corrected chi connectivity index (χ4v) is 4.07. The monoisotopic (exact) mass is 383 g/mol. The van der Waals surface area contributed by atoms with Gasteiger partial charge < -0.3 is 9.84 Å². The van der Waals surface area contributed by atoms with Crippen LogP contribution in [0.1, 0.15) is 21.5 Å². The van der Waals surface area contributed by atoms with Crippen molar-refractivity contribution >= 4 is 27.6 Å². The highest BCUT2D eigenvalue weighted by Gasteiger charge is 2.24. The van der Waals surface area contributed by atoms with Gasteiger partial charge in [-0.3, -0.25) is 0 Å². The Bertz CT molecular complexity index is 911. The molecule has 8 heteroatoms. The maximum Gasteiger partial charge on any atom is 0.335 e. The highest BCUT2D eigenvalue weighted by atomic mass is 35.5. The molecular weight excluding hydrogens is 366 g/mol. The van der Waals surface area contributed by atoms with E-state index in [-0.39, 0.29) is 22.0 Å². The zero-order valence-electron chi connectivity index (χ0n) is 14.0. The minimum atomic E-state index is -3.86. The third-order valence-electron chi connectivity index (χ3n) is 3.73. The average molecular weight is 384 g/mol. The summed E-state index contributed by atoms with van der Waals surface area (Å²) in [6.07, 6.45) is 0. The van der Waals surface area contributed by atoms with Crippen LogP contribution in [-0.2, 0) is 16.6 Å². The van der Waals surface area contributed by atoms with Gasteiger partial charge in [-0.15, -0.1) is 0 Å². The van der Waals surface area contributed by atoms with Crippen LogP contribution in [0, 0.1) is 6.92 Å². The Labute approximate surface area is 151 Å². The number of nitrogens with zero attached hydrogens (tertiary/aromatic N) is 1. The Morgan fingerprint density at radius 2 is 1.92 bits per heavy atom. The molecule has 0 radical (unpaired) electrons. The number of carboxylic acid groups (broad SMARTS) is 1. The lowest BCUT2D eigenvalue weighted by Crippen LogP contribution is -2.27. The van der Waals surface area contributed by atoms with Gasteiger partial charge in [0.25, 0.3) is 0 Å². The van der Waals surface area contributed by atoms with Crippen LogP contribution >= 0.6 is 11.6 Å². The van der Waals surface area contributed by atoms with Crippen molar-refractivity contribution < 1.29 is 23.1 Å². The molecule has 0 bridgehead atoms. The molecule has 2 aromatic rings. The molecule has 0 aliphatic rings. The highest BCUT2D eigenvalue weighted by Crippen LogP contribution is 2.27. The second-order valence-electron chi connectivity index (χ2n) is 5.52. The van der Waals surface area contributed by atoms with E-state index in [1.807, 2.05) is 13.0 Å². The number of benzene rings is 2. The van der Waals surface area contributed by atoms with Gasteiger partial charge in [-0.2, -0.15) is 4.31 Å². The Hall–Kier alpha value is -2.09. The quantitative estimate of drug-likeness (QED) is 0.828. The smallest absolute Gasteiger partial charge is 0.335 e. The minimum Gasteiger partial charge on any atom is -0.496 e. The Morgan fingerprint density at radius 1 is 1.24 bits per heavy atom. The van der Waals surface area contributed by atoms with Crippen molar-refractivity contribution in [2.45, 2.75) is 18.4 Å². The van der Waals surface area contributed by atoms with E-state index in [9.17, 15) is 13.2 Å². The van der Waals surface area contributed by atoms with E-state index >= 15 is 0 Å². The van der Waals surface area contributed by atoms with E-state index in [1.54, 1.807) is 19.2 Å². The number of carboxylic acids is 1. The predicted octanol–water partition coefficient (Wildman–Crippen LogP) is 3.18. The summed E-state index contributed by atoms with van der Waals surface area (Å²) in [6.45, 7) is 2.02. The molecular formula is C17H18ClNO5S. The number of aryl methyl sites for hydroxylation is 1. The first-order valence-electron chi connectivity index (χ1n) is 7.29. The molecule has 0 aliphatic heterocycles. The number of rotatable bonds is 6. The number of aromatic carboxylic acids is 1. The maximum atomic E-state index is 12.7. The standard InChI is InChI=1S/C17H18ClNO5S/c1-11-8-12(4-6-15(11)24-3)10-19(2)25(22,23)16-7-5-13(17(20)21)9-14(16)18/h4-9H,10H2,1-3H3,(H,20,21). The molecule has 2 aromatic carbocycles. The Kier molecular flexibility index (Phi) is 5.72. The highest BCUT2D eigenvalue weighted by molar-refractivity contribution is 7.89. The van der Waals surface area contributed by atoms with E-state index in [0.717, 1.165) is 27.2 Å². The molecule has 0 saturated heterocycles. The van der Waals surface area contributed by atoms with E-state index in [1.165, 1.54) is 19.2 Å². The van der Waals surface area contributed by atoms with Gasteiger partial charge in [-0.1, -0.05) is 23.7 Å². The molecule has 0 aliphatic carbocycles. The normalized spacial score (nSPS) is 11.6. The lowest BCUT2D eigenvalue weighted by Gasteiger charge is -2.19. The Balaban J connectivity index is 2.30. The zero-order valence-corrected chi connectivity index (χ0v) is 15.6. The van der Waals surface area contributed by atoms with Gasteiger partial charge in [0, 0.05) is 13.6 Å². The van der Waals surface area contributed by atoms with E-state index in [2.05, 4.69) is 0 Å². The first-order valence-corrected chi connectivity index (χ1v) is 9.11. The van der Waals surface area contributed by atoms with Crippen LogP contribution < -0.4 is 4.74 Å². The van der Waals surface area contributed by atoms with E-state index < -0.39 is 16.0 Å². The van der Waals surface area contributed by atoms with Crippen LogP contribution in [-0.4, -0.2) is 38.0 Å². The van der Waals surface area contributed by atoms with Gasteiger partial charge in [0.1, 0.15) is 10.6 Å². The number of carbonyl (C=O) groups is 1.